The number of nitro benzene ring substituents is 1. The second-order valence-corrected chi connectivity index (χ2v) is 2.99. The maximum absolute atomic E-state index is 10.4. The van der Waals surface area contributed by atoms with Gasteiger partial charge in [0, 0.05) is 12.1 Å². The summed E-state index contributed by atoms with van der Waals surface area (Å²) >= 11 is 0. The Kier molecular flexibility index (Phi) is 2.59. The quantitative estimate of drug-likeness (QED) is 0.555. The lowest BCUT2D eigenvalue weighted by Gasteiger charge is -2.14. The molecule has 0 atom stereocenters. The van der Waals surface area contributed by atoms with Crippen molar-refractivity contribution in [1.82, 2.24) is 0 Å². The Balaban J connectivity index is 2.00. The van der Waals surface area contributed by atoms with Gasteiger partial charge in [-0.15, -0.1) is 0 Å². The number of ether oxygens (including phenoxy) is 1. The van der Waals surface area contributed by atoms with Gasteiger partial charge in [0.1, 0.15) is 5.71 Å². The fraction of sp³-hybridized carbons (Fsp3) is 0.222. The van der Waals surface area contributed by atoms with E-state index in [1.807, 2.05) is 0 Å². The summed E-state index contributed by atoms with van der Waals surface area (Å²) in [4.78, 5) is 14.9. The van der Waals surface area contributed by atoms with E-state index in [9.17, 15) is 10.1 Å². The van der Waals surface area contributed by atoms with Gasteiger partial charge in [-0.3, -0.25) is 10.1 Å². The molecule has 1 aromatic rings. The zero-order chi connectivity index (χ0) is 10.7. The van der Waals surface area contributed by atoms with Crippen LogP contribution in [0, 0.1) is 10.1 Å². The molecule has 0 aromatic heterocycles. The van der Waals surface area contributed by atoms with Gasteiger partial charge >= 0.3 is 0 Å². The summed E-state index contributed by atoms with van der Waals surface area (Å²) in [6.07, 6.45) is 0. The summed E-state index contributed by atoms with van der Waals surface area (Å²) in [5.74, 6) is 0.472. The van der Waals surface area contributed by atoms with Crippen molar-refractivity contribution >= 4 is 11.4 Å². The largest absolute Gasteiger partial charge is 0.369 e. The molecule has 6 heteroatoms. The smallest absolute Gasteiger partial charge is 0.269 e. The van der Waals surface area contributed by atoms with E-state index in [-0.39, 0.29) is 5.69 Å². The maximum atomic E-state index is 10.4. The van der Waals surface area contributed by atoms with Crippen LogP contribution in [0.5, 0.6) is 5.75 Å². The molecule has 1 aromatic carbocycles. The van der Waals surface area contributed by atoms with Gasteiger partial charge in [-0.05, 0) is 12.1 Å². The molecule has 0 aliphatic carbocycles. The molecule has 6 nitrogen and oxygen atoms in total. The predicted molar refractivity (Wildman–Crippen MR) is 52.0 cm³/mol. The number of hydrogen-bond acceptors (Lipinski definition) is 5. The van der Waals surface area contributed by atoms with Gasteiger partial charge in [0.25, 0.3) is 5.69 Å². The summed E-state index contributed by atoms with van der Waals surface area (Å²) in [5.41, 5.74) is 0.857. The molecule has 0 saturated carbocycles. The zero-order valence-electron chi connectivity index (χ0n) is 7.75. The SMILES string of the molecule is O=[N+]([O-])c1ccc(ON=C2COC2)cc1. The highest BCUT2D eigenvalue weighted by molar-refractivity contribution is 5.90. The lowest BCUT2D eigenvalue weighted by molar-refractivity contribution is -0.384. The normalized spacial score (nSPS) is 14.3. The third-order valence-electron chi connectivity index (χ3n) is 1.87. The molecule has 0 spiro atoms. The van der Waals surface area contributed by atoms with E-state index in [1.165, 1.54) is 24.3 Å². The van der Waals surface area contributed by atoms with E-state index in [1.54, 1.807) is 0 Å². The Bertz CT molecular complexity index is 393. The molecular weight excluding hydrogens is 200 g/mol. The van der Waals surface area contributed by atoms with Crippen LogP contribution in [-0.2, 0) is 4.74 Å². The molecule has 0 radical (unpaired) electrons. The number of benzene rings is 1. The molecule has 1 heterocycles. The van der Waals surface area contributed by atoms with Crippen molar-refractivity contribution in [3.8, 4) is 5.75 Å². The average molecular weight is 208 g/mol. The first kappa shape index (κ1) is 9.60. The van der Waals surface area contributed by atoms with Crippen molar-refractivity contribution < 1.29 is 14.5 Å². The summed E-state index contributed by atoms with van der Waals surface area (Å²) in [6.45, 7) is 0.986. The van der Waals surface area contributed by atoms with Crippen molar-refractivity contribution in [3.63, 3.8) is 0 Å². The molecule has 78 valence electrons. The second-order valence-electron chi connectivity index (χ2n) is 2.99. The lowest BCUT2D eigenvalue weighted by Crippen LogP contribution is -2.28. The minimum Gasteiger partial charge on any atom is -0.369 e. The summed E-state index contributed by atoms with van der Waals surface area (Å²) < 4.78 is 4.87. The van der Waals surface area contributed by atoms with E-state index >= 15 is 0 Å². The summed E-state index contributed by atoms with van der Waals surface area (Å²) in [5, 5.41) is 14.2. The molecule has 1 aliphatic heterocycles. The Morgan fingerprint density at radius 3 is 2.47 bits per heavy atom. The first-order valence-corrected chi connectivity index (χ1v) is 4.30. The van der Waals surface area contributed by atoms with Crippen molar-refractivity contribution in [3.05, 3.63) is 34.4 Å². The standard InChI is InChI=1S/C9H8N2O4/c12-11(13)8-1-3-9(4-2-8)15-10-7-5-14-6-7/h1-4H,5-6H2. The second kappa shape index (κ2) is 4.05. The predicted octanol–water partition coefficient (Wildman–Crippen LogP) is 1.36. The lowest BCUT2D eigenvalue weighted by atomic mass is 10.3. The molecule has 1 aliphatic rings. The van der Waals surface area contributed by atoms with Gasteiger partial charge in [-0.25, -0.2) is 0 Å². The highest BCUT2D eigenvalue weighted by Gasteiger charge is 2.11. The molecule has 1 saturated heterocycles. The van der Waals surface area contributed by atoms with Crippen LogP contribution in [-0.4, -0.2) is 23.8 Å². The van der Waals surface area contributed by atoms with Gasteiger partial charge < -0.3 is 9.57 Å². The van der Waals surface area contributed by atoms with Crippen LogP contribution in [0.4, 0.5) is 5.69 Å². The van der Waals surface area contributed by atoms with Crippen LogP contribution in [0.15, 0.2) is 29.4 Å². The van der Waals surface area contributed by atoms with Crippen molar-refractivity contribution in [2.75, 3.05) is 13.2 Å². The number of oxime groups is 1. The fourth-order valence-electron chi connectivity index (χ4n) is 0.992. The fourth-order valence-corrected chi connectivity index (χ4v) is 0.992. The van der Waals surface area contributed by atoms with Crippen LogP contribution in [0.2, 0.25) is 0 Å². The van der Waals surface area contributed by atoms with Crippen LogP contribution in [0.25, 0.3) is 0 Å². The first-order valence-electron chi connectivity index (χ1n) is 4.30. The van der Waals surface area contributed by atoms with E-state index in [2.05, 4.69) is 5.16 Å². The van der Waals surface area contributed by atoms with Gasteiger partial charge in [0.2, 0.25) is 0 Å². The van der Waals surface area contributed by atoms with Crippen LogP contribution >= 0.6 is 0 Å². The topological polar surface area (TPSA) is 74.0 Å². The molecule has 2 rings (SSSR count). The molecule has 0 bridgehead atoms. The van der Waals surface area contributed by atoms with E-state index < -0.39 is 4.92 Å². The van der Waals surface area contributed by atoms with E-state index in [0.717, 1.165) is 5.71 Å². The Labute approximate surface area is 85.2 Å². The van der Waals surface area contributed by atoms with Crippen LogP contribution < -0.4 is 4.84 Å². The van der Waals surface area contributed by atoms with Crippen molar-refractivity contribution in [1.29, 1.82) is 0 Å². The number of rotatable bonds is 3. The van der Waals surface area contributed by atoms with Gasteiger partial charge in [0.15, 0.2) is 5.75 Å². The molecule has 0 N–H and O–H groups in total. The minimum absolute atomic E-state index is 0.0296. The van der Waals surface area contributed by atoms with Gasteiger partial charge in [-0.2, -0.15) is 0 Å². The zero-order valence-corrected chi connectivity index (χ0v) is 7.75. The minimum atomic E-state index is -0.463. The summed E-state index contributed by atoms with van der Waals surface area (Å²) in [7, 11) is 0. The third kappa shape index (κ3) is 2.29. The Morgan fingerprint density at radius 1 is 1.33 bits per heavy atom. The average Bonchev–Trinajstić information content (AvgIpc) is 2.16. The van der Waals surface area contributed by atoms with Crippen LogP contribution in [0.3, 0.4) is 0 Å². The van der Waals surface area contributed by atoms with E-state index in [4.69, 9.17) is 9.57 Å². The molecule has 0 amide bonds. The Morgan fingerprint density at radius 2 is 2.00 bits per heavy atom. The molecule has 0 unspecified atom stereocenters. The van der Waals surface area contributed by atoms with Crippen molar-refractivity contribution in [2.24, 2.45) is 5.16 Å². The third-order valence-corrected chi connectivity index (χ3v) is 1.87. The monoisotopic (exact) mass is 208 g/mol. The highest BCUT2D eigenvalue weighted by atomic mass is 16.6. The van der Waals surface area contributed by atoms with Gasteiger partial charge in [0.05, 0.1) is 18.1 Å². The molecule has 15 heavy (non-hydrogen) atoms. The van der Waals surface area contributed by atoms with Crippen LogP contribution in [0.1, 0.15) is 0 Å². The van der Waals surface area contributed by atoms with E-state index in [0.29, 0.717) is 19.0 Å². The molecule has 1 fully saturated rings. The Hall–Kier alpha value is -1.95. The van der Waals surface area contributed by atoms with Crippen molar-refractivity contribution in [2.45, 2.75) is 0 Å². The first-order chi connectivity index (χ1) is 7.25. The summed E-state index contributed by atoms with van der Waals surface area (Å²) in [6, 6.07) is 5.74. The number of hydrogen-bond donors (Lipinski definition) is 0. The number of nitro groups is 1. The number of non-ortho nitro benzene ring substituents is 1. The maximum Gasteiger partial charge on any atom is 0.269 e. The van der Waals surface area contributed by atoms with Gasteiger partial charge in [-0.1, -0.05) is 5.16 Å². The highest BCUT2D eigenvalue weighted by Crippen LogP contribution is 2.17. The number of nitrogens with zero attached hydrogens (tertiary/aromatic N) is 2. The molecular formula is C9H8N2O4.